The second-order valence-electron chi connectivity index (χ2n) is 4.33. The van der Waals surface area contributed by atoms with Gasteiger partial charge >= 0.3 is 0 Å². The van der Waals surface area contributed by atoms with Crippen LogP contribution >= 0.6 is 15.9 Å². The molecule has 96 valence electrons. The van der Waals surface area contributed by atoms with E-state index in [1.807, 2.05) is 18.2 Å². The molecule has 1 aliphatic rings. The maximum atomic E-state index is 5.77. The molecule has 1 aliphatic heterocycles. The lowest BCUT2D eigenvalue weighted by molar-refractivity contribution is -0.108. The Morgan fingerprint density at radius 3 is 3.11 bits per heavy atom. The Morgan fingerprint density at radius 2 is 2.33 bits per heavy atom. The van der Waals surface area contributed by atoms with E-state index in [1.165, 1.54) is 0 Å². The van der Waals surface area contributed by atoms with Gasteiger partial charge in [0.2, 0.25) is 6.29 Å². The van der Waals surface area contributed by atoms with Crippen LogP contribution in [-0.4, -0.2) is 18.1 Å². The predicted octanol–water partition coefficient (Wildman–Crippen LogP) is 3.63. The molecule has 0 aliphatic carbocycles. The van der Waals surface area contributed by atoms with Gasteiger partial charge in [-0.15, -0.1) is 0 Å². The third-order valence-corrected chi connectivity index (χ3v) is 3.68. The van der Waals surface area contributed by atoms with E-state index in [1.54, 1.807) is 0 Å². The molecule has 0 saturated carbocycles. The molecule has 1 fully saturated rings. The first-order valence-corrected chi connectivity index (χ1v) is 7.22. The van der Waals surface area contributed by atoms with Crippen LogP contribution in [0.4, 0.5) is 0 Å². The Kier molecular flexibility index (Phi) is 3.52. The minimum Gasteiger partial charge on any atom is -0.445 e. The SMILES string of the molecule is BrCc1cccc2c(OC3CCCCO3)noc12. The van der Waals surface area contributed by atoms with Crippen molar-refractivity contribution in [2.45, 2.75) is 30.9 Å². The van der Waals surface area contributed by atoms with Crippen LogP contribution < -0.4 is 4.74 Å². The van der Waals surface area contributed by atoms with E-state index >= 15 is 0 Å². The molecule has 18 heavy (non-hydrogen) atoms. The average molecular weight is 312 g/mol. The van der Waals surface area contributed by atoms with Gasteiger partial charge in [-0.1, -0.05) is 28.1 Å². The summed E-state index contributed by atoms with van der Waals surface area (Å²) in [4.78, 5) is 0. The highest BCUT2D eigenvalue weighted by molar-refractivity contribution is 9.08. The van der Waals surface area contributed by atoms with Crippen molar-refractivity contribution >= 4 is 26.9 Å². The largest absolute Gasteiger partial charge is 0.445 e. The van der Waals surface area contributed by atoms with Crippen molar-refractivity contribution in [3.05, 3.63) is 23.8 Å². The Labute approximate surface area is 113 Å². The molecular weight excluding hydrogens is 298 g/mol. The normalized spacial score (nSPS) is 20.2. The fourth-order valence-electron chi connectivity index (χ4n) is 2.12. The van der Waals surface area contributed by atoms with Crippen LogP contribution in [0.1, 0.15) is 24.8 Å². The van der Waals surface area contributed by atoms with Crippen LogP contribution in [0, 0.1) is 0 Å². The van der Waals surface area contributed by atoms with Crippen LogP contribution in [0.2, 0.25) is 0 Å². The molecule has 1 saturated heterocycles. The number of ether oxygens (including phenoxy) is 2. The van der Waals surface area contributed by atoms with Gasteiger partial charge in [-0.05, 0) is 24.1 Å². The number of nitrogens with zero attached hydrogens (tertiary/aromatic N) is 1. The smallest absolute Gasteiger partial charge is 0.264 e. The van der Waals surface area contributed by atoms with Gasteiger partial charge < -0.3 is 14.0 Å². The molecule has 0 spiro atoms. The van der Waals surface area contributed by atoms with Crippen LogP contribution in [0.15, 0.2) is 22.7 Å². The summed E-state index contributed by atoms with van der Waals surface area (Å²) in [6.07, 6.45) is 2.95. The van der Waals surface area contributed by atoms with Gasteiger partial charge in [0.1, 0.15) is 0 Å². The van der Waals surface area contributed by atoms with Gasteiger partial charge in [0, 0.05) is 17.3 Å². The number of halogens is 1. The Hall–Kier alpha value is -1.07. The van der Waals surface area contributed by atoms with Crippen LogP contribution in [0.25, 0.3) is 11.0 Å². The first-order chi connectivity index (χ1) is 8.88. The lowest BCUT2D eigenvalue weighted by atomic mass is 10.2. The van der Waals surface area contributed by atoms with Crippen molar-refractivity contribution in [1.82, 2.24) is 5.16 Å². The topological polar surface area (TPSA) is 44.5 Å². The highest BCUT2D eigenvalue weighted by atomic mass is 79.9. The summed E-state index contributed by atoms with van der Waals surface area (Å²) < 4.78 is 16.7. The highest BCUT2D eigenvalue weighted by Crippen LogP contribution is 2.30. The lowest BCUT2D eigenvalue weighted by Gasteiger charge is -2.21. The zero-order valence-corrected chi connectivity index (χ0v) is 11.5. The van der Waals surface area contributed by atoms with Gasteiger partial charge in [-0.2, -0.15) is 0 Å². The number of aromatic nitrogens is 1. The lowest BCUT2D eigenvalue weighted by Crippen LogP contribution is -2.25. The Bertz CT molecular complexity index is 534. The van der Waals surface area contributed by atoms with E-state index in [9.17, 15) is 0 Å². The number of rotatable bonds is 3. The molecule has 2 aromatic rings. The van der Waals surface area contributed by atoms with E-state index in [-0.39, 0.29) is 6.29 Å². The van der Waals surface area contributed by atoms with Crippen molar-refractivity contribution in [3.8, 4) is 5.88 Å². The van der Waals surface area contributed by atoms with Crippen molar-refractivity contribution in [2.75, 3.05) is 6.61 Å². The summed E-state index contributed by atoms with van der Waals surface area (Å²) in [6.45, 7) is 0.757. The maximum Gasteiger partial charge on any atom is 0.264 e. The molecule has 1 aromatic heterocycles. The van der Waals surface area contributed by atoms with Crippen LogP contribution in [-0.2, 0) is 10.1 Å². The quantitative estimate of drug-likeness (QED) is 0.812. The van der Waals surface area contributed by atoms with Gasteiger partial charge in [0.25, 0.3) is 5.88 Å². The Morgan fingerprint density at radius 1 is 1.39 bits per heavy atom. The Balaban J connectivity index is 1.88. The van der Waals surface area contributed by atoms with E-state index in [2.05, 4.69) is 21.1 Å². The zero-order valence-electron chi connectivity index (χ0n) is 9.89. The minimum atomic E-state index is -0.195. The molecule has 0 radical (unpaired) electrons. The van der Waals surface area contributed by atoms with Crippen molar-refractivity contribution in [2.24, 2.45) is 0 Å². The van der Waals surface area contributed by atoms with Gasteiger partial charge in [0.05, 0.1) is 12.0 Å². The number of alkyl halides is 1. The fourth-order valence-corrected chi connectivity index (χ4v) is 2.56. The summed E-state index contributed by atoms with van der Waals surface area (Å²) in [7, 11) is 0. The molecule has 1 unspecified atom stereocenters. The third-order valence-electron chi connectivity index (χ3n) is 3.07. The minimum absolute atomic E-state index is 0.195. The molecule has 1 aromatic carbocycles. The third kappa shape index (κ3) is 2.24. The standard InChI is InChI=1S/C13H14BrNO3/c14-8-9-4-3-5-10-12(9)18-15-13(10)17-11-6-1-2-7-16-11/h3-5,11H,1-2,6-8H2. The summed E-state index contributed by atoms with van der Waals surface area (Å²) >= 11 is 3.43. The molecule has 5 heteroatoms. The molecule has 4 nitrogen and oxygen atoms in total. The number of hydrogen-bond acceptors (Lipinski definition) is 4. The number of benzene rings is 1. The predicted molar refractivity (Wildman–Crippen MR) is 70.9 cm³/mol. The van der Waals surface area contributed by atoms with Crippen molar-refractivity contribution < 1.29 is 14.0 Å². The van der Waals surface area contributed by atoms with E-state index in [0.29, 0.717) is 5.88 Å². The molecule has 0 bridgehead atoms. The molecule has 2 heterocycles. The fraction of sp³-hybridized carbons (Fsp3) is 0.462. The maximum absolute atomic E-state index is 5.77. The highest BCUT2D eigenvalue weighted by Gasteiger charge is 2.19. The molecular formula is C13H14BrNO3. The van der Waals surface area contributed by atoms with Crippen molar-refractivity contribution in [3.63, 3.8) is 0 Å². The first-order valence-electron chi connectivity index (χ1n) is 6.10. The summed E-state index contributed by atoms with van der Waals surface area (Å²) in [5, 5.41) is 5.64. The molecule has 3 rings (SSSR count). The van der Waals surface area contributed by atoms with E-state index in [4.69, 9.17) is 14.0 Å². The van der Waals surface area contributed by atoms with E-state index in [0.717, 1.165) is 47.7 Å². The zero-order chi connectivity index (χ0) is 12.4. The van der Waals surface area contributed by atoms with Gasteiger partial charge in [-0.3, -0.25) is 0 Å². The number of fused-ring (bicyclic) bond motifs is 1. The number of para-hydroxylation sites is 1. The monoisotopic (exact) mass is 311 g/mol. The van der Waals surface area contributed by atoms with Crippen LogP contribution in [0.5, 0.6) is 5.88 Å². The average Bonchev–Trinajstić information content (AvgIpc) is 2.83. The van der Waals surface area contributed by atoms with E-state index < -0.39 is 0 Å². The first kappa shape index (κ1) is 12.0. The van der Waals surface area contributed by atoms with Gasteiger partial charge in [0.15, 0.2) is 5.58 Å². The summed E-state index contributed by atoms with van der Waals surface area (Å²) in [6, 6.07) is 5.93. The number of hydrogen-bond donors (Lipinski definition) is 0. The van der Waals surface area contributed by atoms with Gasteiger partial charge in [-0.25, -0.2) is 0 Å². The van der Waals surface area contributed by atoms with Crippen LogP contribution in [0.3, 0.4) is 0 Å². The molecule has 1 atom stereocenters. The summed E-state index contributed by atoms with van der Waals surface area (Å²) in [5.74, 6) is 0.528. The van der Waals surface area contributed by atoms with Crippen molar-refractivity contribution in [1.29, 1.82) is 0 Å². The molecule has 0 amide bonds. The second kappa shape index (κ2) is 5.28. The summed E-state index contributed by atoms with van der Waals surface area (Å²) in [5.41, 5.74) is 1.85. The molecule has 0 N–H and O–H groups in total. The second-order valence-corrected chi connectivity index (χ2v) is 4.89.